The summed E-state index contributed by atoms with van der Waals surface area (Å²) in [6.07, 6.45) is 3.94. The van der Waals surface area contributed by atoms with Crippen LogP contribution in [0.4, 0.5) is 0 Å². The fourth-order valence-electron chi connectivity index (χ4n) is 3.82. The van der Waals surface area contributed by atoms with Crippen LogP contribution in [0.25, 0.3) is 0 Å². The molecule has 2 aliphatic heterocycles. The van der Waals surface area contributed by atoms with Crippen LogP contribution in [0.1, 0.15) is 35.2 Å². The van der Waals surface area contributed by atoms with Gasteiger partial charge in [0.1, 0.15) is 0 Å². The molecule has 1 saturated heterocycles. The molecule has 0 radical (unpaired) electrons. The average Bonchev–Trinajstić information content (AvgIpc) is 2.95. The van der Waals surface area contributed by atoms with E-state index in [0.29, 0.717) is 41.2 Å². The lowest BCUT2D eigenvalue weighted by Gasteiger charge is -2.32. The van der Waals surface area contributed by atoms with Crippen molar-refractivity contribution in [1.29, 1.82) is 0 Å². The van der Waals surface area contributed by atoms with E-state index in [2.05, 4.69) is 24.3 Å². The fraction of sp³-hybridized carbons (Fsp3) is 0.409. The minimum Gasteiger partial charge on any atom is -0.489 e. The first-order valence-corrected chi connectivity index (χ1v) is 10.0. The third-order valence-corrected chi connectivity index (χ3v) is 5.60. The van der Waals surface area contributed by atoms with Gasteiger partial charge in [0.2, 0.25) is 0 Å². The molecule has 2 aromatic carbocycles. The van der Waals surface area contributed by atoms with Gasteiger partial charge in [-0.2, -0.15) is 0 Å². The molecule has 0 bridgehead atoms. The normalized spacial score (nSPS) is 17.4. The molecule has 0 N–H and O–H groups in total. The van der Waals surface area contributed by atoms with Gasteiger partial charge in [0.05, 0.1) is 18.2 Å². The zero-order chi connectivity index (χ0) is 18.6. The van der Waals surface area contributed by atoms with Crippen LogP contribution in [0.3, 0.4) is 0 Å². The first-order valence-electron chi connectivity index (χ1n) is 9.63. The van der Waals surface area contributed by atoms with Gasteiger partial charge in [0.25, 0.3) is 5.91 Å². The molecule has 2 aromatic rings. The number of hydrogen-bond acceptors (Lipinski definition) is 3. The van der Waals surface area contributed by atoms with E-state index in [4.69, 9.17) is 21.1 Å². The largest absolute Gasteiger partial charge is 0.489 e. The molecule has 1 fully saturated rings. The molecule has 2 aliphatic rings. The Morgan fingerprint density at radius 1 is 1.07 bits per heavy atom. The summed E-state index contributed by atoms with van der Waals surface area (Å²) in [7, 11) is 0. The topological polar surface area (TPSA) is 38.8 Å². The van der Waals surface area contributed by atoms with Crippen LogP contribution in [0.15, 0.2) is 42.5 Å². The van der Waals surface area contributed by atoms with E-state index in [1.807, 2.05) is 11.0 Å². The maximum Gasteiger partial charge on any atom is 0.254 e. The number of halogens is 1. The van der Waals surface area contributed by atoms with Gasteiger partial charge in [-0.15, -0.1) is 0 Å². The number of carbonyl (C=O) groups excluding carboxylic acids is 1. The Labute approximate surface area is 165 Å². The summed E-state index contributed by atoms with van der Waals surface area (Å²) in [5.74, 6) is 1.77. The Morgan fingerprint density at radius 3 is 2.59 bits per heavy atom. The predicted molar refractivity (Wildman–Crippen MR) is 106 cm³/mol. The minimum absolute atomic E-state index is 0.0192. The zero-order valence-electron chi connectivity index (χ0n) is 15.3. The molecule has 0 atom stereocenters. The fourth-order valence-corrected chi connectivity index (χ4v) is 4.09. The Hall–Kier alpha value is -2.20. The lowest BCUT2D eigenvalue weighted by atomic mass is 9.90. The van der Waals surface area contributed by atoms with E-state index in [1.165, 1.54) is 5.56 Å². The molecular weight excluding hydrogens is 362 g/mol. The number of nitrogens with zero attached hydrogens (tertiary/aromatic N) is 1. The lowest BCUT2D eigenvalue weighted by Crippen LogP contribution is -2.38. The van der Waals surface area contributed by atoms with Crippen LogP contribution in [0.5, 0.6) is 11.5 Å². The average molecular weight is 386 g/mol. The molecule has 0 unspecified atom stereocenters. The second kappa shape index (κ2) is 8.22. The number of ether oxygens (including phenoxy) is 2. The van der Waals surface area contributed by atoms with E-state index in [1.54, 1.807) is 12.1 Å². The number of rotatable bonds is 3. The highest BCUT2D eigenvalue weighted by Crippen LogP contribution is 2.38. The van der Waals surface area contributed by atoms with E-state index < -0.39 is 0 Å². The number of benzene rings is 2. The zero-order valence-corrected chi connectivity index (χ0v) is 16.1. The van der Waals surface area contributed by atoms with Crippen LogP contribution in [0.2, 0.25) is 5.02 Å². The number of fused-ring (bicyclic) bond motifs is 1. The molecule has 5 heteroatoms. The number of hydrogen-bond donors (Lipinski definition) is 0. The third-order valence-electron chi connectivity index (χ3n) is 5.32. The second-order valence-electron chi connectivity index (χ2n) is 7.26. The van der Waals surface area contributed by atoms with Crippen LogP contribution in [-0.4, -0.2) is 37.1 Å². The van der Waals surface area contributed by atoms with E-state index in [0.717, 1.165) is 38.8 Å². The standard InChI is InChI=1S/C22H24ClNO3/c23-19-14-18(15-20-21(19)27-12-4-11-26-20)22(25)24-9-7-17(8-10-24)13-16-5-2-1-3-6-16/h1-3,5-6,14-15,17H,4,7-13H2. The van der Waals surface area contributed by atoms with Crippen LogP contribution < -0.4 is 9.47 Å². The van der Waals surface area contributed by atoms with Gasteiger partial charge in [-0.25, -0.2) is 0 Å². The highest BCUT2D eigenvalue weighted by atomic mass is 35.5. The third kappa shape index (κ3) is 4.22. The van der Waals surface area contributed by atoms with Crippen molar-refractivity contribution in [1.82, 2.24) is 4.90 Å². The Morgan fingerprint density at radius 2 is 1.81 bits per heavy atom. The summed E-state index contributed by atoms with van der Waals surface area (Å²) >= 11 is 6.34. The quantitative estimate of drug-likeness (QED) is 0.775. The van der Waals surface area contributed by atoms with E-state index in [9.17, 15) is 4.79 Å². The van der Waals surface area contributed by atoms with Crippen molar-refractivity contribution in [3.8, 4) is 11.5 Å². The van der Waals surface area contributed by atoms with Gasteiger partial charge in [-0.1, -0.05) is 41.9 Å². The second-order valence-corrected chi connectivity index (χ2v) is 7.67. The van der Waals surface area contributed by atoms with Gasteiger partial charge in [0.15, 0.2) is 11.5 Å². The highest BCUT2D eigenvalue weighted by Gasteiger charge is 2.26. The summed E-state index contributed by atoms with van der Waals surface area (Å²) in [4.78, 5) is 14.9. The molecular formula is C22H24ClNO3. The van der Waals surface area contributed by atoms with Crippen molar-refractivity contribution in [3.05, 3.63) is 58.6 Å². The maximum atomic E-state index is 13.0. The van der Waals surface area contributed by atoms with Crippen molar-refractivity contribution in [2.45, 2.75) is 25.7 Å². The van der Waals surface area contributed by atoms with Crippen LogP contribution in [0, 0.1) is 5.92 Å². The Bertz CT molecular complexity index is 801. The van der Waals surface area contributed by atoms with Gasteiger partial charge in [-0.05, 0) is 42.9 Å². The van der Waals surface area contributed by atoms with Gasteiger partial charge in [-0.3, -0.25) is 4.79 Å². The summed E-state index contributed by atoms with van der Waals surface area (Å²) in [6, 6.07) is 14.0. The lowest BCUT2D eigenvalue weighted by molar-refractivity contribution is 0.0690. The molecule has 0 aliphatic carbocycles. The van der Waals surface area contributed by atoms with Crippen molar-refractivity contribution >= 4 is 17.5 Å². The van der Waals surface area contributed by atoms with Gasteiger partial charge < -0.3 is 14.4 Å². The monoisotopic (exact) mass is 385 g/mol. The van der Waals surface area contributed by atoms with Crippen molar-refractivity contribution in [2.75, 3.05) is 26.3 Å². The number of likely N-dealkylation sites (tertiary alicyclic amines) is 1. The van der Waals surface area contributed by atoms with Gasteiger partial charge >= 0.3 is 0 Å². The molecule has 27 heavy (non-hydrogen) atoms. The first-order chi connectivity index (χ1) is 13.2. The summed E-state index contributed by atoms with van der Waals surface area (Å²) < 4.78 is 11.4. The highest BCUT2D eigenvalue weighted by molar-refractivity contribution is 6.32. The Kier molecular flexibility index (Phi) is 5.53. The molecule has 4 nitrogen and oxygen atoms in total. The molecule has 1 amide bonds. The van der Waals surface area contributed by atoms with Gasteiger partial charge in [0, 0.05) is 25.1 Å². The van der Waals surface area contributed by atoms with Crippen molar-refractivity contribution < 1.29 is 14.3 Å². The summed E-state index contributed by atoms with van der Waals surface area (Å²) in [6.45, 7) is 2.71. The molecule has 0 saturated carbocycles. The minimum atomic E-state index is 0.0192. The number of carbonyl (C=O) groups is 1. The smallest absolute Gasteiger partial charge is 0.254 e. The van der Waals surface area contributed by atoms with E-state index >= 15 is 0 Å². The SMILES string of the molecule is O=C(c1cc(Cl)c2c(c1)OCCCO2)N1CCC(Cc2ccccc2)CC1. The predicted octanol–water partition coefficient (Wildman–Crippen LogP) is 4.60. The Balaban J connectivity index is 1.41. The van der Waals surface area contributed by atoms with Crippen LogP contribution in [-0.2, 0) is 6.42 Å². The van der Waals surface area contributed by atoms with Crippen molar-refractivity contribution in [3.63, 3.8) is 0 Å². The molecule has 142 valence electrons. The molecule has 0 aromatic heterocycles. The number of amides is 1. The van der Waals surface area contributed by atoms with Crippen molar-refractivity contribution in [2.24, 2.45) is 5.92 Å². The van der Waals surface area contributed by atoms with Crippen LogP contribution >= 0.6 is 11.6 Å². The molecule has 4 rings (SSSR count). The first kappa shape index (κ1) is 18.2. The van der Waals surface area contributed by atoms with E-state index in [-0.39, 0.29) is 5.91 Å². The summed E-state index contributed by atoms with van der Waals surface area (Å²) in [5.41, 5.74) is 1.95. The maximum absolute atomic E-state index is 13.0. The number of piperidine rings is 1. The molecule has 0 spiro atoms. The summed E-state index contributed by atoms with van der Waals surface area (Å²) in [5, 5.41) is 0.441. The molecule has 2 heterocycles.